The van der Waals surface area contributed by atoms with Crippen molar-refractivity contribution < 1.29 is 0 Å². The standard InChI is InChI=1S/C10H13B/c1-2-8-4-3-5-9-6-7-11-10(8)9/h3-5,11H,2,6-7H2,1H3. The molecule has 56 valence electrons. The minimum atomic E-state index is 1.20. The SMILES string of the molecule is CCc1cccc2c1BCC2. The molecule has 0 aliphatic carbocycles. The maximum absolute atomic E-state index is 2.28. The Kier molecular flexibility index (Phi) is 1.73. The molecule has 0 N–H and O–H groups in total. The van der Waals surface area contributed by atoms with Gasteiger partial charge in [-0.1, -0.05) is 48.0 Å². The molecule has 0 atom stereocenters. The van der Waals surface area contributed by atoms with Crippen molar-refractivity contribution in [1.82, 2.24) is 0 Å². The molecule has 1 heterocycles. The van der Waals surface area contributed by atoms with Gasteiger partial charge in [0.1, 0.15) is 0 Å². The molecule has 0 bridgehead atoms. The molecule has 0 saturated heterocycles. The zero-order valence-corrected chi connectivity index (χ0v) is 7.06. The Morgan fingerprint density at radius 1 is 1.45 bits per heavy atom. The van der Waals surface area contributed by atoms with Crippen LogP contribution in [0.3, 0.4) is 0 Å². The third kappa shape index (κ3) is 1.09. The zero-order chi connectivity index (χ0) is 7.68. The van der Waals surface area contributed by atoms with Crippen molar-refractivity contribution in [3.63, 3.8) is 0 Å². The summed E-state index contributed by atoms with van der Waals surface area (Å²) < 4.78 is 0. The lowest BCUT2D eigenvalue weighted by molar-refractivity contribution is 1.13. The summed E-state index contributed by atoms with van der Waals surface area (Å²) in [6.45, 7) is 2.24. The third-order valence-electron chi connectivity index (χ3n) is 2.62. The highest BCUT2D eigenvalue weighted by Gasteiger charge is 2.13. The van der Waals surface area contributed by atoms with Gasteiger partial charge in [0.25, 0.3) is 0 Å². The van der Waals surface area contributed by atoms with E-state index >= 15 is 0 Å². The fraction of sp³-hybridized carbons (Fsp3) is 0.400. The first kappa shape index (κ1) is 6.96. The molecule has 1 aliphatic heterocycles. The largest absolute Gasteiger partial charge is 0.158 e. The molecule has 0 fully saturated rings. The van der Waals surface area contributed by atoms with E-state index in [1.165, 1.54) is 26.4 Å². The molecule has 0 spiro atoms. The highest BCUT2D eigenvalue weighted by atomic mass is 14.1. The topological polar surface area (TPSA) is 0 Å². The highest BCUT2D eigenvalue weighted by Crippen LogP contribution is 2.11. The molecule has 1 heteroatoms. The Bertz CT molecular complexity index is 266. The first-order chi connectivity index (χ1) is 5.42. The number of rotatable bonds is 1. The molecule has 0 amide bonds. The Balaban J connectivity index is 2.50. The second-order valence-electron chi connectivity index (χ2n) is 3.26. The number of aryl methyl sites for hydroxylation is 2. The minimum Gasteiger partial charge on any atom is -0.0783 e. The van der Waals surface area contributed by atoms with E-state index in [4.69, 9.17) is 0 Å². The predicted molar refractivity (Wildman–Crippen MR) is 51.1 cm³/mol. The second-order valence-corrected chi connectivity index (χ2v) is 3.26. The van der Waals surface area contributed by atoms with Crippen molar-refractivity contribution in [2.75, 3.05) is 0 Å². The lowest BCUT2D eigenvalue weighted by atomic mass is 9.70. The van der Waals surface area contributed by atoms with Gasteiger partial charge < -0.3 is 0 Å². The van der Waals surface area contributed by atoms with Crippen LogP contribution < -0.4 is 5.46 Å². The van der Waals surface area contributed by atoms with Crippen LogP contribution in [-0.2, 0) is 12.8 Å². The molecule has 11 heavy (non-hydrogen) atoms. The summed E-state index contributed by atoms with van der Waals surface area (Å²) in [5.74, 6) is 0. The quantitative estimate of drug-likeness (QED) is 0.521. The van der Waals surface area contributed by atoms with Gasteiger partial charge in [-0.3, -0.25) is 0 Å². The molecular formula is C10H13B. The summed E-state index contributed by atoms with van der Waals surface area (Å²) >= 11 is 0. The van der Waals surface area contributed by atoms with E-state index in [0.717, 1.165) is 0 Å². The zero-order valence-electron chi connectivity index (χ0n) is 7.06. The van der Waals surface area contributed by atoms with Gasteiger partial charge in [0.05, 0.1) is 0 Å². The number of hydrogen-bond acceptors (Lipinski definition) is 0. The van der Waals surface area contributed by atoms with Crippen molar-refractivity contribution in [2.24, 2.45) is 0 Å². The van der Waals surface area contributed by atoms with E-state index in [1.807, 2.05) is 0 Å². The van der Waals surface area contributed by atoms with E-state index in [0.29, 0.717) is 0 Å². The van der Waals surface area contributed by atoms with Gasteiger partial charge >= 0.3 is 0 Å². The van der Waals surface area contributed by atoms with Gasteiger partial charge in [-0.2, -0.15) is 0 Å². The molecule has 1 aromatic rings. The van der Waals surface area contributed by atoms with Crippen molar-refractivity contribution in [2.45, 2.75) is 26.1 Å². The smallest absolute Gasteiger partial charge is 0.0783 e. The van der Waals surface area contributed by atoms with Crippen LogP contribution in [0.5, 0.6) is 0 Å². The summed E-state index contributed by atoms with van der Waals surface area (Å²) in [6.07, 6.45) is 3.87. The Morgan fingerprint density at radius 3 is 3.18 bits per heavy atom. The number of benzene rings is 1. The lowest BCUT2D eigenvalue weighted by Gasteiger charge is -2.04. The van der Waals surface area contributed by atoms with Gasteiger partial charge in [0.15, 0.2) is 7.28 Å². The molecule has 0 aromatic heterocycles. The maximum Gasteiger partial charge on any atom is 0.158 e. The van der Waals surface area contributed by atoms with Crippen LogP contribution in [0, 0.1) is 0 Å². The third-order valence-corrected chi connectivity index (χ3v) is 2.62. The average molecular weight is 144 g/mol. The number of hydrogen-bond donors (Lipinski definition) is 0. The molecular weight excluding hydrogens is 131 g/mol. The Morgan fingerprint density at radius 2 is 2.36 bits per heavy atom. The van der Waals surface area contributed by atoms with E-state index in [1.54, 1.807) is 16.6 Å². The van der Waals surface area contributed by atoms with Gasteiger partial charge in [0.2, 0.25) is 0 Å². The Hall–Kier alpha value is -0.715. The maximum atomic E-state index is 2.28. The summed E-state index contributed by atoms with van der Waals surface area (Å²) in [4.78, 5) is 0. The molecule has 0 saturated carbocycles. The number of fused-ring (bicyclic) bond motifs is 1. The molecule has 1 aromatic carbocycles. The monoisotopic (exact) mass is 144 g/mol. The summed E-state index contributed by atoms with van der Waals surface area (Å²) in [5.41, 5.74) is 4.82. The Labute approximate surface area is 68.9 Å². The van der Waals surface area contributed by atoms with Crippen molar-refractivity contribution in [3.8, 4) is 0 Å². The van der Waals surface area contributed by atoms with Crippen LogP contribution >= 0.6 is 0 Å². The van der Waals surface area contributed by atoms with E-state index in [2.05, 4.69) is 25.1 Å². The molecule has 2 rings (SSSR count). The first-order valence-electron chi connectivity index (χ1n) is 4.51. The fourth-order valence-corrected chi connectivity index (χ4v) is 2.03. The van der Waals surface area contributed by atoms with E-state index in [9.17, 15) is 0 Å². The van der Waals surface area contributed by atoms with Crippen molar-refractivity contribution >= 4 is 12.7 Å². The molecule has 0 unspecified atom stereocenters. The van der Waals surface area contributed by atoms with Crippen molar-refractivity contribution in [3.05, 3.63) is 29.3 Å². The average Bonchev–Trinajstić information content (AvgIpc) is 2.50. The van der Waals surface area contributed by atoms with Crippen LogP contribution in [0.25, 0.3) is 0 Å². The van der Waals surface area contributed by atoms with Crippen molar-refractivity contribution in [1.29, 1.82) is 0 Å². The van der Waals surface area contributed by atoms with Crippen LogP contribution in [0.2, 0.25) is 6.32 Å². The van der Waals surface area contributed by atoms with Crippen LogP contribution in [0.15, 0.2) is 18.2 Å². The molecule has 0 radical (unpaired) electrons. The highest BCUT2D eigenvalue weighted by molar-refractivity contribution is 6.56. The first-order valence-corrected chi connectivity index (χ1v) is 4.51. The minimum absolute atomic E-state index is 1.20. The predicted octanol–water partition coefficient (Wildman–Crippen LogP) is 1.29. The van der Waals surface area contributed by atoms with Gasteiger partial charge in [0, 0.05) is 0 Å². The lowest BCUT2D eigenvalue weighted by Crippen LogP contribution is -2.15. The second kappa shape index (κ2) is 2.73. The van der Waals surface area contributed by atoms with E-state index in [-0.39, 0.29) is 0 Å². The summed E-state index contributed by atoms with van der Waals surface area (Å²) in [7, 11) is 1.32. The van der Waals surface area contributed by atoms with Crippen LogP contribution in [0.1, 0.15) is 18.1 Å². The van der Waals surface area contributed by atoms with Gasteiger partial charge in [-0.25, -0.2) is 0 Å². The summed E-state index contributed by atoms with van der Waals surface area (Å²) in [5, 5.41) is 0. The normalized spacial score (nSPS) is 14.3. The fourth-order valence-electron chi connectivity index (χ4n) is 2.03. The van der Waals surface area contributed by atoms with Crippen LogP contribution in [0.4, 0.5) is 0 Å². The van der Waals surface area contributed by atoms with Gasteiger partial charge in [-0.05, 0) is 12.8 Å². The molecule has 0 nitrogen and oxygen atoms in total. The summed E-state index contributed by atoms with van der Waals surface area (Å²) in [6, 6.07) is 6.74. The van der Waals surface area contributed by atoms with E-state index < -0.39 is 0 Å². The van der Waals surface area contributed by atoms with Gasteiger partial charge in [-0.15, -0.1) is 0 Å². The molecule has 1 aliphatic rings. The van der Waals surface area contributed by atoms with Crippen LogP contribution in [-0.4, -0.2) is 7.28 Å².